The number of thioether (sulfide) groups is 1. The molecule has 0 aliphatic carbocycles. The summed E-state index contributed by atoms with van der Waals surface area (Å²) in [6.07, 6.45) is 3.15. The second kappa shape index (κ2) is 9.03. The van der Waals surface area contributed by atoms with Crippen molar-refractivity contribution in [2.24, 2.45) is 0 Å². The number of para-hydroxylation sites is 1. The lowest BCUT2D eigenvalue weighted by Gasteiger charge is -2.26. The van der Waals surface area contributed by atoms with Crippen LogP contribution in [0.2, 0.25) is 0 Å². The van der Waals surface area contributed by atoms with E-state index in [-0.39, 0.29) is 5.78 Å². The fraction of sp³-hybridized carbons (Fsp3) is 0.562. The first-order valence-electron chi connectivity index (χ1n) is 7.08. The van der Waals surface area contributed by atoms with Crippen LogP contribution in [0, 0.1) is 0 Å². The highest BCUT2D eigenvalue weighted by molar-refractivity contribution is 7.98. The normalized spacial score (nSPS) is 12.4. The molecule has 1 rings (SSSR count). The second-order valence-electron chi connectivity index (χ2n) is 4.78. The number of hydrogen-bond donors (Lipinski definition) is 0. The van der Waals surface area contributed by atoms with Crippen molar-refractivity contribution < 1.29 is 9.53 Å². The summed E-state index contributed by atoms with van der Waals surface area (Å²) >= 11 is 1.82. The van der Waals surface area contributed by atoms with Gasteiger partial charge in [0.05, 0.1) is 18.7 Å². The van der Waals surface area contributed by atoms with E-state index in [1.54, 1.807) is 0 Å². The Bertz CT molecular complexity index is 423. The summed E-state index contributed by atoms with van der Waals surface area (Å²) in [5.74, 6) is 1.86. The second-order valence-corrected chi connectivity index (χ2v) is 5.70. The SMILES string of the molecule is CCOc1ccccc1C(=O)CN(C)C(CC)CSC. The summed E-state index contributed by atoms with van der Waals surface area (Å²) in [5.41, 5.74) is 0.681. The summed E-state index contributed by atoms with van der Waals surface area (Å²) in [6, 6.07) is 7.92. The highest BCUT2D eigenvalue weighted by atomic mass is 32.2. The van der Waals surface area contributed by atoms with Crippen LogP contribution in [-0.2, 0) is 0 Å². The lowest BCUT2D eigenvalue weighted by molar-refractivity contribution is 0.0921. The molecule has 3 nitrogen and oxygen atoms in total. The van der Waals surface area contributed by atoms with Gasteiger partial charge in [0.15, 0.2) is 5.78 Å². The molecule has 0 spiro atoms. The molecule has 0 aromatic heterocycles. The minimum absolute atomic E-state index is 0.121. The van der Waals surface area contributed by atoms with Gasteiger partial charge in [-0.05, 0) is 38.8 Å². The third-order valence-electron chi connectivity index (χ3n) is 3.33. The van der Waals surface area contributed by atoms with Gasteiger partial charge in [-0.2, -0.15) is 11.8 Å². The summed E-state index contributed by atoms with van der Waals surface area (Å²) in [5, 5.41) is 0. The molecule has 1 unspecified atom stereocenters. The fourth-order valence-electron chi connectivity index (χ4n) is 2.17. The molecule has 1 aromatic rings. The van der Waals surface area contributed by atoms with Gasteiger partial charge < -0.3 is 4.74 Å². The zero-order valence-electron chi connectivity index (χ0n) is 12.9. The molecule has 0 heterocycles. The summed E-state index contributed by atoms with van der Waals surface area (Å²) < 4.78 is 5.53. The minimum atomic E-state index is 0.121. The van der Waals surface area contributed by atoms with Crippen LogP contribution in [-0.4, -0.2) is 48.9 Å². The number of ether oxygens (including phenoxy) is 1. The molecule has 0 radical (unpaired) electrons. The van der Waals surface area contributed by atoms with Crippen molar-refractivity contribution in [3.8, 4) is 5.75 Å². The Kier molecular flexibility index (Phi) is 7.70. The van der Waals surface area contributed by atoms with Gasteiger partial charge in [-0.25, -0.2) is 0 Å². The maximum Gasteiger partial charge on any atom is 0.180 e. The van der Waals surface area contributed by atoms with Crippen LogP contribution in [0.5, 0.6) is 5.75 Å². The minimum Gasteiger partial charge on any atom is -0.493 e. The molecule has 0 saturated carbocycles. The molecule has 0 aliphatic rings. The van der Waals surface area contributed by atoms with Crippen molar-refractivity contribution in [2.45, 2.75) is 26.3 Å². The van der Waals surface area contributed by atoms with E-state index in [1.807, 2.05) is 50.0 Å². The molecule has 1 atom stereocenters. The Morgan fingerprint density at radius 2 is 2.05 bits per heavy atom. The molecule has 0 bridgehead atoms. The molecular formula is C16H25NO2S. The number of carbonyl (C=O) groups is 1. The van der Waals surface area contributed by atoms with Crippen LogP contribution in [0.15, 0.2) is 24.3 Å². The third kappa shape index (κ3) is 4.84. The lowest BCUT2D eigenvalue weighted by Crippen LogP contribution is -2.37. The average Bonchev–Trinajstić information content (AvgIpc) is 2.45. The van der Waals surface area contributed by atoms with Crippen molar-refractivity contribution in [1.29, 1.82) is 0 Å². The number of likely N-dealkylation sites (N-methyl/N-ethyl adjacent to an activating group) is 1. The van der Waals surface area contributed by atoms with Crippen LogP contribution in [0.3, 0.4) is 0 Å². The van der Waals surface area contributed by atoms with Gasteiger partial charge in [-0.1, -0.05) is 19.1 Å². The number of rotatable bonds is 9. The van der Waals surface area contributed by atoms with Gasteiger partial charge in [0, 0.05) is 11.8 Å². The maximum absolute atomic E-state index is 12.4. The van der Waals surface area contributed by atoms with E-state index < -0.39 is 0 Å². The van der Waals surface area contributed by atoms with Crippen LogP contribution in [0.4, 0.5) is 0 Å². The number of ketones is 1. The summed E-state index contributed by atoms with van der Waals surface area (Å²) in [7, 11) is 2.02. The van der Waals surface area contributed by atoms with Gasteiger partial charge in [-0.3, -0.25) is 9.69 Å². The van der Waals surface area contributed by atoms with E-state index in [1.165, 1.54) is 0 Å². The highest BCUT2D eigenvalue weighted by Crippen LogP contribution is 2.19. The van der Waals surface area contributed by atoms with E-state index in [2.05, 4.69) is 18.1 Å². The quantitative estimate of drug-likeness (QED) is 0.654. The molecule has 0 fully saturated rings. The predicted molar refractivity (Wildman–Crippen MR) is 87.0 cm³/mol. The zero-order valence-corrected chi connectivity index (χ0v) is 13.7. The Hall–Kier alpha value is -1.00. The number of carbonyl (C=O) groups excluding carboxylic acids is 1. The van der Waals surface area contributed by atoms with Crippen LogP contribution < -0.4 is 4.74 Å². The molecular weight excluding hydrogens is 270 g/mol. The van der Waals surface area contributed by atoms with Crippen molar-refractivity contribution >= 4 is 17.5 Å². The van der Waals surface area contributed by atoms with Gasteiger partial charge >= 0.3 is 0 Å². The highest BCUT2D eigenvalue weighted by Gasteiger charge is 2.18. The predicted octanol–water partition coefficient (Wildman–Crippen LogP) is 3.34. The van der Waals surface area contributed by atoms with E-state index in [4.69, 9.17) is 4.74 Å². The molecule has 1 aromatic carbocycles. The maximum atomic E-state index is 12.4. The van der Waals surface area contributed by atoms with E-state index in [0.717, 1.165) is 12.2 Å². The number of Topliss-reactive ketones (excluding diaryl/α,β-unsaturated/α-hetero) is 1. The van der Waals surface area contributed by atoms with Crippen molar-refractivity contribution in [3.63, 3.8) is 0 Å². The van der Waals surface area contributed by atoms with Crippen molar-refractivity contribution in [2.75, 3.05) is 32.2 Å². The smallest absolute Gasteiger partial charge is 0.180 e. The topological polar surface area (TPSA) is 29.5 Å². The molecule has 20 heavy (non-hydrogen) atoms. The summed E-state index contributed by atoms with van der Waals surface area (Å²) in [4.78, 5) is 14.6. The molecule has 112 valence electrons. The molecule has 0 aliphatic heterocycles. The van der Waals surface area contributed by atoms with Gasteiger partial charge in [0.2, 0.25) is 0 Å². The first-order chi connectivity index (χ1) is 9.63. The number of hydrogen-bond acceptors (Lipinski definition) is 4. The van der Waals surface area contributed by atoms with Crippen LogP contribution >= 0.6 is 11.8 Å². The van der Waals surface area contributed by atoms with E-state index in [9.17, 15) is 4.79 Å². The number of nitrogens with zero attached hydrogens (tertiary/aromatic N) is 1. The fourth-order valence-corrected chi connectivity index (χ4v) is 3.04. The van der Waals surface area contributed by atoms with E-state index in [0.29, 0.717) is 30.5 Å². The Labute approximate surface area is 126 Å². The first-order valence-corrected chi connectivity index (χ1v) is 8.47. The molecule has 0 saturated heterocycles. The lowest BCUT2D eigenvalue weighted by atomic mass is 10.1. The largest absolute Gasteiger partial charge is 0.493 e. The molecule has 0 N–H and O–H groups in total. The molecule has 0 amide bonds. The monoisotopic (exact) mass is 295 g/mol. The zero-order chi connectivity index (χ0) is 15.0. The van der Waals surface area contributed by atoms with Crippen LogP contribution in [0.25, 0.3) is 0 Å². The Balaban J connectivity index is 2.75. The van der Waals surface area contributed by atoms with Crippen LogP contribution in [0.1, 0.15) is 30.6 Å². The van der Waals surface area contributed by atoms with E-state index >= 15 is 0 Å². The Morgan fingerprint density at radius 3 is 2.65 bits per heavy atom. The summed E-state index contributed by atoms with van der Waals surface area (Å²) in [6.45, 7) is 5.10. The van der Waals surface area contributed by atoms with Gasteiger partial charge in [-0.15, -0.1) is 0 Å². The number of benzene rings is 1. The first kappa shape index (κ1) is 17.1. The standard InChI is InChI=1S/C16H25NO2S/c1-5-13(12-20-4)17(3)11-15(18)14-9-7-8-10-16(14)19-6-2/h7-10,13H,5-6,11-12H2,1-4H3. The third-order valence-corrected chi connectivity index (χ3v) is 4.05. The van der Waals surface area contributed by atoms with Gasteiger partial charge in [0.1, 0.15) is 5.75 Å². The average molecular weight is 295 g/mol. The Morgan fingerprint density at radius 1 is 1.35 bits per heavy atom. The van der Waals surface area contributed by atoms with Crippen molar-refractivity contribution in [1.82, 2.24) is 4.90 Å². The van der Waals surface area contributed by atoms with Crippen molar-refractivity contribution in [3.05, 3.63) is 29.8 Å². The molecule has 4 heteroatoms. The van der Waals surface area contributed by atoms with Gasteiger partial charge in [0.25, 0.3) is 0 Å².